The highest BCUT2D eigenvalue weighted by Crippen LogP contribution is 2.40. The van der Waals surface area contributed by atoms with E-state index in [9.17, 15) is 5.11 Å². The van der Waals surface area contributed by atoms with Gasteiger partial charge in [-0.05, 0) is 83.0 Å². The van der Waals surface area contributed by atoms with E-state index >= 15 is 0 Å². The van der Waals surface area contributed by atoms with Gasteiger partial charge < -0.3 is 27.5 Å². The summed E-state index contributed by atoms with van der Waals surface area (Å²) in [6, 6.07) is 62.5. The van der Waals surface area contributed by atoms with Crippen LogP contribution in [0.25, 0.3) is 0 Å². The summed E-state index contributed by atoms with van der Waals surface area (Å²) >= 11 is 0. The van der Waals surface area contributed by atoms with Crippen LogP contribution in [0.3, 0.4) is 0 Å². The number of hydrogen-bond donors (Lipinski definition) is 1. The van der Waals surface area contributed by atoms with Gasteiger partial charge in [-0.3, -0.25) is 0 Å². The number of aromatic hydroxyl groups is 1. The number of phenols is 1. The molecule has 1 unspecified atom stereocenters. The number of ether oxygens (including phenoxy) is 1. The van der Waals surface area contributed by atoms with Gasteiger partial charge in [-0.25, -0.2) is 0 Å². The van der Waals surface area contributed by atoms with E-state index in [1.54, 1.807) is 13.2 Å². The molecule has 0 aromatic heterocycles. The molecule has 1 N–H and O–H groups in total. The second-order valence-electron chi connectivity index (χ2n) is 16.8. The summed E-state index contributed by atoms with van der Waals surface area (Å²) in [5, 5.41) is 16.0. The molecule has 0 spiro atoms. The average molecular weight is 831 g/mol. The van der Waals surface area contributed by atoms with Crippen molar-refractivity contribution < 1.29 is 27.5 Å². The van der Waals surface area contributed by atoms with Gasteiger partial charge in [-0.1, -0.05) is 152 Å². The Morgan fingerprint density at radius 3 is 1.08 bits per heavy atom. The fourth-order valence-corrected chi connectivity index (χ4v) is 14.4. The number of benzene rings is 7. The van der Waals surface area contributed by atoms with Crippen LogP contribution in [0.1, 0.15) is 64.2 Å². The molecule has 0 saturated carbocycles. The van der Waals surface area contributed by atoms with Crippen molar-refractivity contribution in [3.63, 3.8) is 0 Å². The van der Waals surface area contributed by atoms with Crippen LogP contribution < -0.4 is 34.3 Å². The maximum Gasteiger partial charge on any atom is 0.469 e. The number of rotatable bonds is 14. The first-order valence-corrected chi connectivity index (χ1v) is 24.0. The van der Waals surface area contributed by atoms with Crippen LogP contribution in [0.4, 0.5) is 0 Å². The summed E-state index contributed by atoms with van der Waals surface area (Å²) < 4.78 is 33.8. The first-order valence-electron chi connectivity index (χ1n) is 20.4. The molecule has 0 saturated heterocycles. The van der Waals surface area contributed by atoms with Crippen LogP contribution in [-0.2, 0) is 8.85 Å². The number of hydrogen-bond acceptors (Lipinski definition) is 6. The molecule has 0 radical (unpaired) electrons. The highest BCUT2D eigenvalue weighted by molar-refractivity contribution is 6.93. The van der Waals surface area contributed by atoms with Gasteiger partial charge in [0, 0.05) is 38.3 Å². The van der Waals surface area contributed by atoms with Crippen LogP contribution in [0.2, 0.25) is 0 Å². The zero-order chi connectivity index (χ0) is 42.4. The molecule has 60 heavy (non-hydrogen) atoms. The molecule has 0 heterocycles. The van der Waals surface area contributed by atoms with Gasteiger partial charge in [0.05, 0.1) is 18.3 Å². The van der Waals surface area contributed by atoms with Gasteiger partial charge in [0.15, 0.2) is 0 Å². The second kappa shape index (κ2) is 17.8. The Hall–Kier alpha value is -5.91. The van der Waals surface area contributed by atoms with Gasteiger partial charge in [0.25, 0.3) is 0 Å². The molecule has 306 valence electrons. The van der Waals surface area contributed by atoms with Crippen molar-refractivity contribution >= 4 is 37.9 Å². The maximum absolute atomic E-state index is 12.1. The lowest BCUT2D eigenvalue weighted by Gasteiger charge is -2.37. The normalized spacial score (nSPS) is 12.7. The van der Waals surface area contributed by atoms with Crippen LogP contribution in [0.5, 0.6) is 23.0 Å². The molecule has 0 aliphatic heterocycles. The fraction of sp³-hybridized carbons (Fsp3) is 0.192. The largest absolute Gasteiger partial charge is 0.514 e. The summed E-state index contributed by atoms with van der Waals surface area (Å²) in [4.78, 5) is 0. The predicted octanol–water partition coefficient (Wildman–Crippen LogP) is 9.48. The zero-order valence-corrected chi connectivity index (χ0v) is 37.5. The Kier molecular flexibility index (Phi) is 12.5. The van der Waals surface area contributed by atoms with Crippen molar-refractivity contribution in [1.82, 2.24) is 0 Å². The van der Waals surface area contributed by atoms with Crippen LogP contribution in [0, 0.1) is 0 Å². The van der Waals surface area contributed by atoms with E-state index in [1.807, 2.05) is 142 Å². The van der Waals surface area contributed by atoms with Gasteiger partial charge in [0.2, 0.25) is 0 Å². The third kappa shape index (κ3) is 9.59. The van der Waals surface area contributed by atoms with E-state index in [0.29, 0.717) is 11.5 Å². The van der Waals surface area contributed by atoms with Crippen molar-refractivity contribution in [3.8, 4) is 23.0 Å². The minimum atomic E-state index is -3.37. The predicted molar refractivity (Wildman–Crippen MR) is 247 cm³/mol. The number of phenolic OH excluding ortho intramolecular Hbond substituents is 1. The minimum absolute atomic E-state index is 0.103. The molecule has 7 aromatic rings. The van der Waals surface area contributed by atoms with E-state index < -0.39 is 28.3 Å². The van der Waals surface area contributed by atoms with E-state index in [1.165, 1.54) is 0 Å². The third-order valence-electron chi connectivity index (χ3n) is 10.0. The van der Waals surface area contributed by atoms with E-state index in [2.05, 4.69) is 81.4 Å². The Balaban J connectivity index is 1.29. The number of methoxy groups -OCH3 is 1. The zero-order valence-electron chi connectivity index (χ0n) is 35.5. The fourth-order valence-electron chi connectivity index (χ4n) is 7.58. The lowest BCUT2D eigenvalue weighted by atomic mass is 9.84. The Labute approximate surface area is 357 Å². The highest BCUT2D eigenvalue weighted by Gasteiger charge is 2.49. The van der Waals surface area contributed by atoms with Crippen LogP contribution in [0.15, 0.2) is 188 Å². The molecule has 0 bridgehead atoms. The van der Waals surface area contributed by atoms with E-state index in [4.69, 9.17) is 22.4 Å². The molecular formula is C52H54O6Si2. The van der Waals surface area contributed by atoms with E-state index in [0.717, 1.165) is 43.2 Å². The topological polar surface area (TPSA) is 66.4 Å². The van der Waals surface area contributed by atoms with Gasteiger partial charge in [-0.2, -0.15) is 0 Å². The summed E-state index contributed by atoms with van der Waals surface area (Å²) in [6.45, 7) is 12.3. The molecule has 0 aliphatic carbocycles. The smallest absolute Gasteiger partial charge is 0.469 e. The molecule has 0 amide bonds. The molecule has 6 nitrogen and oxygen atoms in total. The summed E-state index contributed by atoms with van der Waals surface area (Å²) in [7, 11) is -4.99. The highest BCUT2D eigenvalue weighted by atomic mass is 28.4. The first-order chi connectivity index (χ1) is 28.8. The lowest BCUT2D eigenvalue weighted by molar-refractivity contribution is 0.100. The summed E-state index contributed by atoms with van der Waals surface area (Å²) in [5.41, 5.74) is 1.65. The average Bonchev–Trinajstić information content (AvgIpc) is 3.25. The minimum Gasteiger partial charge on any atom is -0.514 e. The van der Waals surface area contributed by atoms with Gasteiger partial charge in [0.1, 0.15) is 23.0 Å². The molecule has 7 aromatic carbocycles. The standard InChI is InChI=1S/C52H54O6Si2/c1-51(2,3)57-59(44-20-12-8-13-21-44,45-22-14-9-15-23-45)55-42-34-30-40(31-35-42)50(39-28-32-41(54-7)33-29-39)48-37-36-43(38-49(48)53)56-60(58-52(4,5)6,46-24-16-10-17-25-46)47-26-18-11-19-27-47/h8-38,50,53H,1-7H3. The molecule has 0 aliphatic rings. The quantitative estimate of drug-likeness (QED) is 0.0871. The van der Waals surface area contributed by atoms with Gasteiger partial charge >= 0.3 is 17.1 Å². The van der Waals surface area contributed by atoms with Crippen LogP contribution in [-0.4, -0.2) is 40.5 Å². The molecule has 7 rings (SSSR count). The van der Waals surface area contributed by atoms with Crippen molar-refractivity contribution in [1.29, 1.82) is 0 Å². The van der Waals surface area contributed by atoms with Crippen LogP contribution >= 0.6 is 0 Å². The van der Waals surface area contributed by atoms with Crippen molar-refractivity contribution in [2.24, 2.45) is 0 Å². The lowest BCUT2D eigenvalue weighted by Crippen LogP contribution is -2.68. The molecule has 0 fully saturated rings. The summed E-state index contributed by atoms with van der Waals surface area (Å²) in [5.74, 6) is 1.71. The summed E-state index contributed by atoms with van der Waals surface area (Å²) in [6.07, 6.45) is 0. The first kappa shape index (κ1) is 42.2. The van der Waals surface area contributed by atoms with E-state index in [-0.39, 0.29) is 11.7 Å². The SMILES string of the molecule is COc1ccc(C(c2ccc(O[Si](OC(C)(C)C)(c3ccccc3)c3ccccc3)cc2)c2ccc(O[Si](OC(C)(C)C)(c3ccccc3)c3ccccc3)cc2O)cc1. The van der Waals surface area contributed by atoms with Crippen molar-refractivity contribution in [2.45, 2.75) is 58.7 Å². The monoisotopic (exact) mass is 830 g/mol. The second-order valence-corrected chi connectivity index (χ2v) is 22.4. The Morgan fingerprint density at radius 1 is 0.417 bits per heavy atom. The van der Waals surface area contributed by atoms with Crippen molar-refractivity contribution in [2.75, 3.05) is 7.11 Å². The van der Waals surface area contributed by atoms with Gasteiger partial charge in [-0.15, -0.1) is 0 Å². The Bertz CT molecular complexity index is 2350. The Morgan fingerprint density at radius 2 is 0.750 bits per heavy atom. The maximum atomic E-state index is 12.1. The third-order valence-corrected chi connectivity index (χ3v) is 17.2. The molecule has 8 heteroatoms. The van der Waals surface area contributed by atoms with Crippen molar-refractivity contribution in [3.05, 3.63) is 205 Å². The molecular weight excluding hydrogens is 777 g/mol. The molecule has 1 atom stereocenters.